The van der Waals surface area contributed by atoms with E-state index in [2.05, 4.69) is 10.6 Å². The number of methoxy groups -OCH3 is 2. The largest absolute Gasteiger partial charge is 0.493 e. The second-order valence-corrected chi connectivity index (χ2v) is 6.57. The lowest BCUT2D eigenvalue weighted by Crippen LogP contribution is -2.37. The number of ether oxygens (including phenoxy) is 3. The third-order valence-electron chi connectivity index (χ3n) is 4.49. The minimum absolute atomic E-state index is 0.0114. The highest BCUT2D eigenvalue weighted by atomic mass is 19.4. The number of cyclic esters (lactones) is 1. The van der Waals surface area contributed by atoms with Gasteiger partial charge in [0.1, 0.15) is 6.10 Å². The Balaban J connectivity index is 1.56. The van der Waals surface area contributed by atoms with Crippen LogP contribution >= 0.6 is 0 Å². The van der Waals surface area contributed by atoms with Gasteiger partial charge < -0.3 is 24.8 Å². The summed E-state index contributed by atoms with van der Waals surface area (Å²) in [4.78, 5) is 25.6. The minimum Gasteiger partial charge on any atom is -0.493 e. The maximum absolute atomic E-state index is 12.8. The van der Waals surface area contributed by atoms with Gasteiger partial charge in [0, 0.05) is 11.8 Å². The van der Waals surface area contributed by atoms with Crippen molar-refractivity contribution in [1.82, 2.24) is 5.32 Å². The second-order valence-electron chi connectivity index (χ2n) is 6.57. The third-order valence-corrected chi connectivity index (χ3v) is 4.49. The summed E-state index contributed by atoms with van der Waals surface area (Å²) in [5.74, 6) is 0.943. The van der Waals surface area contributed by atoms with Crippen LogP contribution in [-0.2, 0) is 10.9 Å². The smallest absolute Gasteiger partial charge is 0.416 e. The van der Waals surface area contributed by atoms with Crippen molar-refractivity contribution in [1.29, 1.82) is 0 Å². The molecule has 31 heavy (non-hydrogen) atoms. The van der Waals surface area contributed by atoms with Gasteiger partial charge in [-0.05, 0) is 30.3 Å². The van der Waals surface area contributed by atoms with E-state index in [0.29, 0.717) is 17.2 Å². The summed E-state index contributed by atoms with van der Waals surface area (Å²) in [6.07, 6.45) is -5.76. The van der Waals surface area contributed by atoms with E-state index < -0.39 is 30.0 Å². The van der Waals surface area contributed by atoms with Gasteiger partial charge in [-0.15, -0.1) is 0 Å². The first-order valence-corrected chi connectivity index (χ1v) is 9.13. The number of anilines is 2. The van der Waals surface area contributed by atoms with Crippen molar-refractivity contribution < 1.29 is 37.0 Å². The van der Waals surface area contributed by atoms with Crippen LogP contribution in [-0.4, -0.2) is 45.5 Å². The maximum atomic E-state index is 12.8. The Kier molecular flexibility index (Phi) is 6.42. The summed E-state index contributed by atoms with van der Waals surface area (Å²) in [6.45, 7) is 0.137. The van der Waals surface area contributed by atoms with Crippen LogP contribution in [0.1, 0.15) is 5.56 Å². The highest BCUT2D eigenvalue weighted by Crippen LogP contribution is 2.33. The van der Waals surface area contributed by atoms with Crippen LogP contribution in [0.15, 0.2) is 42.5 Å². The summed E-state index contributed by atoms with van der Waals surface area (Å²) in [5, 5.41) is 4.81. The van der Waals surface area contributed by atoms with Crippen LogP contribution in [0.2, 0.25) is 0 Å². The molecule has 166 valence electrons. The fourth-order valence-electron chi connectivity index (χ4n) is 2.99. The first-order valence-electron chi connectivity index (χ1n) is 9.13. The lowest BCUT2D eigenvalue weighted by Gasteiger charge is -2.16. The Hall–Kier alpha value is -3.63. The number of urea groups is 1. The van der Waals surface area contributed by atoms with E-state index in [1.165, 1.54) is 31.3 Å². The first kappa shape index (κ1) is 22.1. The molecule has 1 aliphatic rings. The van der Waals surface area contributed by atoms with Crippen LogP contribution in [0.3, 0.4) is 0 Å². The molecule has 0 bridgehead atoms. The molecule has 0 aliphatic carbocycles. The van der Waals surface area contributed by atoms with Crippen LogP contribution < -0.4 is 25.0 Å². The average molecular weight is 439 g/mol. The van der Waals surface area contributed by atoms with Crippen LogP contribution in [0, 0.1) is 0 Å². The molecule has 2 N–H and O–H groups in total. The molecule has 1 saturated heterocycles. The minimum atomic E-state index is -4.51. The fraction of sp³-hybridized carbons (Fsp3) is 0.300. The van der Waals surface area contributed by atoms with Gasteiger partial charge in [-0.3, -0.25) is 4.90 Å². The first-order chi connectivity index (χ1) is 14.7. The van der Waals surface area contributed by atoms with Crippen molar-refractivity contribution in [2.75, 3.05) is 37.5 Å². The zero-order valence-electron chi connectivity index (χ0n) is 16.7. The molecular weight excluding hydrogens is 419 g/mol. The van der Waals surface area contributed by atoms with E-state index in [1.54, 1.807) is 18.2 Å². The summed E-state index contributed by atoms with van der Waals surface area (Å²) < 4.78 is 53.9. The molecule has 1 fully saturated rings. The molecule has 0 aromatic heterocycles. The molecule has 3 amide bonds. The van der Waals surface area contributed by atoms with Gasteiger partial charge >= 0.3 is 18.3 Å². The number of nitrogens with zero attached hydrogens (tertiary/aromatic N) is 1. The molecule has 3 rings (SSSR count). The van der Waals surface area contributed by atoms with E-state index >= 15 is 0 Å². The maximum Gasteiger partial charge on any atom is 0.416 e. The summed E-state index contributed by atoms with van der Waals surface area (Å²) in [5.41, 5.74) is -0.359. The van der Waals surface area contributed by atoms with Crippen molar-refractivity contribution in [3.05, 3.63) is 48.0 Å². The molecule has 0 radical (unpaired) electrons. The van der Waals surface area contributed by atoms with Crippen LogP contribution in [0.4, 0.5) is 34.1 Å². The topological polar surface area (TPSA) is 89.1 Å². The molecule has 2 aromatic rings. The van der Waals surface area contributed by atoms with Crippen molar-refractivity contribution in [2.24, 2.45) is 0 Å². The average Bonchev–Trinajstić information content (AvgIpc) is 3.12. The van der Waals surface area contributed by atoms with Gasteiger partial charge in [-0.1, -0.05) is 6.07 Å². The molecular formula is C20H20F3N3O5. The van der Waals surface area contributed by atoms with Crippen molar-refractivity contribution in [3.8, 4) is 11.5 Å². The molecule has 2 aromatic carbocycles. The number of halogens is 3. The summed E-state index contributed by atoms with van der Waals surface area (Å²) >= 11 is 0. The van der Waals surface area contributed by atoms with Gasteiger partial charge in [-0.2, -0.15) is 13.2 Å². The lowest BCUT2D eigenvalue weighted by molar-refractivity contribution is -0.137. The molecule has 1 aliphatic heterocycles. The van der Waals surface area contributed by atoms with Crippen molar-refractivity contribution in [3.63, 3.8) is 0 Å². The standard InChI is InChI=1S/C20H20F3N3O5/c1-29-16-7-6-14(9-17(16)30-2)26-11-15(31-19(26)28)10-24-18(27)25-13-5-3-4-12(8-13)20(21,22)23/h3-9,15H,10-11H2,1-2H3,(H2,24,25,27). The molecule has 1 unspecified atom stereocenters. The number of alkyl halides is 3. The molecule has 8 nitrogen and oxygen atoms in total. The Labute approximate surface area is 175 Å². The summed E-state index contributed by atoms with van der Waals surface area (Å²) in [6, 6.07) is 8.48. The predicted octanol–water partition coefficient (Wildman–Crippen LogP) is 3.87. The molecule has 11 heteroatoms. The van der Waals surface area contributed by atoms with Gasteiger partial charge in [0.25, 0.3) is 0 Å². The zero-order chi connectivity index (χ0) is 22.6. The zero-order valence-corrected chi connectivity index (χ0v) is 16.7. The van der Waals surface area contributed by atoms with E-state index in [0.717, 1.165) is 12.1 Å². The van der Waals surface area contributed by atoms with Crippen molar-refractivity contribution in [2.45, 2.75) is 12.3 Å². The monoisotopic (exact) mass is 439 g/mol. The van der Waals surface area contributed by atoms with Crippen LogP contribution in [0.5, 0.6) is 11.5 Å². The Morgan fingerprint density at radius 2 is 1.90 bits per heavy atom. The number of hydrogen-bond acceptors (Lipinski definition) is 5. The van der Waals surface area contributed by atoms with Crippen LogP contribution in [0.25, 0.3) is 0 Å². The highest BCUT2D eigenvalue weighted by molar-refractivity contribution is 5.91. The molecule has 0 spiro atoms. The van der Waals surface area contributed by atoms with Gasteiger partial charge in [0.2, 0.25) is 0 Å². The molecule has 1 atom stereocenters. The highest BCUT2D eigenvalue weighted by Gasteiger charge is 2.33. The number of rotatable bonds is 6. The third kappa shape index (κ3) is 5.30. The number of nitrogens with one attached hydrogen (secondary N) is 2. The SMILES string of the molecule is COc1ccc(N2CC(CNC(=O)Nc3cccc(C(F)(F)F)c3)OC2=O)cc1OC. The Morgan fingerprint density at radius 3 is 2.58 bits per heavy atom. The predicted molar refractivity (Wildman–Crippen MR) is 106 cm³/mol. The normalized spacial score (nSPS) is 16.0. The van der Waals surface area contributed by atoms with Crippen molar-refractivity contribution >= 4 is 23.5 Å². The second kappa shape index (κ2) is 9.02. The molecule has 1 heterocycles. The number of benzene rings is 2. The lowest BCUT2D eigenvalue weighted by atomic mass is 10.2. The fourth-order valence-corrected chi connectivity index (χ4v) is 2.99. The number of hydrogen-bond donors (Lipinski definition) is 2. The quantitative estimate of drug-likeness (QED) is 0.714. The van der Waals surface area contributed by atoms with Gasteiger partial charge in [-0.25, -0.2) is 9.59 Å². The number of carbonyl (C=O) groups excluding carboxylic acids is 2. The van der Waals surface area contributed by atoms with Gasteiger partial charge in [0.05, 0.1) is 38.6 Å². The van der Waals surface area contributed by atoms with E-state index in [1.807, 2.05) is 0 Å². The Morgan fingerprint density at radius 1 is 1.16 bits per heavy atom. The Bertz CT molecular complexity index is 967. The number of carbonyl (C=O) groups is 2. The van der Waals surface area contributed by atoms with E-state index in [9.17, 15) is 22.8 Å². The molecule has 0 saturated carbocycles. The number of amides is 3. The van der Waals surface area contributed by atoms with Gasteiger partial charge in [0.15, 0.2) is 11.5 Å². The van der Waals surface area contributed by atoms with E-state index in [-0.39, 0.29) is 18.8 Å². The van der Waals surface area contributed by atoms with E-state index in [4.69, 9.17) is 14.2 Å². The summed E-state index contributed by atoms with van der Waals surface area (Å²) in [7, 11) is 2.97.